The molecular formula is C21H26F4N4O4S. The van der Waals surface area contributed by atoms with Crippen LogP contribution >= 0.6 is 0 Å². The highest BCUT2D eigenvalue weighted by Crippen LogP contribution is 2.43. The molecule has 0 aliphatic carbocycles. The van der Waals surface area contributed by atoms with Crippen LogP contribution in [0, 0.1) is 11.2 Å². The van der Waals surface area contributed by atoms with Crippen molar-refractivity contribution in [2.24, 2.45) is 5.41 Å². The number of carbonyl (C=O) groups excluding carboxylic acids is 2. The number of urea groups is 1. The van der Waals surface area contributed by atoms with Crippen LogP contribution in [0.2, 0.25) is 0 Å². The van der Waals surface area contributed by atoms with E-state index in [1.807, 2.05) is 0 Å². The molecule has 4 aliphatic rings. The Balaban J connectivity index is 0.00000289. The predicted octanol–water partition coefficient (Wildman–Crippen LogP) is 2.26. The van der Waals surface area contributed by atoms with Crippen molar-refractivity contribution in [1.29, 1.82) is 0 Å². The summed E-state index contributed by atoms with van der Waals surface area (Å²) in [5.41, 5.74) is -1.75. The van der Waals surface area contributed by atoms with Gasteiger partial charge in [-0.1, -0.05) is 0 Å². The lowest BCUT2D eigenvalue weighted by Gasteiger charge is -2.57. The third-order valence-corrected chi connectivity index (χ3v) is 9.41. The van der Waals surface area contributed by atoms with Crippen molar-refractivity contribution in [3.63, 3.8) is 0 Å². The third-order valence-electron chi connectivity index (χ3n) is 7.48. The standard InChI is InChI=1S/C21H24F4N4O4S.H2/c22-15-9-14(21(23,24)25)1-2-16(15)34(32,33)29-7-5-19(6-8-29)10-27(11-19)18(31)28-12-20(13-28)4-3-17(30)26-20;/h1-2,9H,3-8,10-13H2,(H,26,30);1H. The molecule has 13 heteroatoms. The zero-order valence-electron chi connectivity index (χ0n) is 18.2. The smallest absolute Gasteiger partial charge is 0.347 e. The summed E-state index contributed by atoms with van der Waals surface area (Å²) >= 11 is 0. The van der Waals surface area contributed by atoms with Crippen molar-refractivity contribution in [2.45, 2.75) is 42.3 Å². The first kappa shape index (κ1) is 23.3. The summed E-state index contributed by atoms with van der Waals surface area (Å²) in [7, 11) is -4.28. The fourth-order valence-electron chi connectivity index (χ4n) is 5.47. The van der Waals surface area contributed by atoms with Crippen molar-refractivity contribution >= 4 is 22.0 Å². The highest BCUT2D eigenvalue weighted by molar-refractivity contribution is 7.89. The SMILES string of the molecule is O=C1CCC2(CN(C(=O)N3CC4(CCN(S(=O)(=O)c5ccc(C(F)(F)F)cc5F)CC4)C3)C2)N1.[HH]. The number of hydrogen-bond acceptors (Lipinski definition) is 4. The van der Waals surface area contributed by atoms with Crippen molar-refractivity contribution in [3.05, 3.63) is 29.6 Å². The third kappa shape index (κ3) is 3.82. The van der Waals surface area contributed by atoms with Gasteiger partial charge in [0.15, 0.2) is 0 Å². The number of nitrogens with one attached hydrogen (secondary N) is 1. The Morgan fingerprint density at radius 3 is 2.18 bits per heavy atom. The number of halogens is 4. The number of piperidine rings is 1. The van der Waals surface area contributed by atoms with Gasteiger partial charge in [-0.25, -0.2) is 17.6 Å². The number of carbonyl (C=O) groups is 2. The first-order chi connectivity index (χ1) is 15.8. The fraction of sp³-hybridized carbons (Fsp3) is 0.619. The second-order valence-corrected chi connectivity index (χ2v) is 11.8. The Morgan fingerprint density at radius 2 is 1.65 bits per heavy atom. The molecule has 2 spiro atoms. The molecule has 0 aromatic heterocycles. The monoisotopic (exact) mass is 506 g/mol. The van der Waals surface area contributed by atoms with Gasteiger partial charge in [0, 0.05) is 52.5 Å². The van der Waals surface area contributed by atoms with Crippen LogP contribution in [0.5, 0.6) is 0 Å². The molecule has 8 nitrogen and oxygen atoms in total. The second kappa shape index (κ2) is 7.54. The Bertz CT molecular complexity index is 1140. The zero-order valence-corrected chi connectivity index (χ0v) is 19.0. The molecule has 0 atom stereocenters. The maximum atomic E-state index is 14.3. The molecule has 3 amide bonds. The molecule has 1 aromatic carbocycles. The Labute approximate surface area is 195 Å². The number of sulfonamides is 1. The zero-order chi connectivity index (χ0) is 24.5. The Morgan fingerprint density at radius 1 is 1.03 bits per heavy atom. The van der Waals surface area contributed by atoms with E-state index < -0.39 is 32.5 Å². The minimum atomic E-state index is -4.77. The molecule has 4 aliphatic heterocycles. The molecule has 188 valence electrons. The number of likely N-dealkylation sites (tertiary alicyclic amines) is 2. The summed E-state index contributed by atoms with van der Waals surface area (Å²) < 4.78 is 79.3. The van der Waals surface area contributed by atoms with Crippen LogP contribution < -0.4 is 5.32 Å². The van der Waals surface area contributed by atoms with E-state index in [1.165, 1.54) is 0 Å². The topological polar surface area (TPSA) is 90.0 Å². The molecular weight excluding hydrogens is 480 g/mol. The van der Waals surface area contributed by atoms with Crippen LogP contribution in [0.1, 0.15) is 32.7 Å². The van der Waals surface area contributed by atoms with E-state index in [1.54, 1.807) is 9.80 Å². The summed E-state index contributed by atoms with van der Waals surface area (Å²) in [5.74, 6) is -1.42. The van der Waals surface area contributed by atoms with Crippen LogP contribution in [0.25, 0.3) is 0 Å². The van der Waals surface area contributed by atoms with Gasteiger partial charge in [-0.3, -0.25) is 4.79 Å². The van der Waals surface area contributed by atoms with Crippen LogP contribution in [-0.2, 0) is 21.0 Å². The quantitative estimate of drug-likeness (QED) is 0.624. The summed E-state index contributed by atoms with van der Waals surface area (Å²) in [6.07, 6.45) is -2.62. The highest BCUT2D eigenvalue weighted by atomic mass is 32.2. The van der Waals surface area contributed by atoms with Gasteiger partial charge in [-0.15, -0.1) is 0 Å². The Kier molecular flexibility index (Phi) is 5.18. The maximum absolute atomic E-state index is 14.3. The van der Waals surface area contributed by atoms with Gasteiger partial charge in [0.25, 0.3) is 0 Å². The number of benzene rings is 1. The summed E-state index contributed by atoms with van der Waals surface area (Å²) in [6, 6.07) is 1.33. The average molecular weight is 507 g/mol. The lowest BCUT2D eigenvalue weighted by atomic mass is 9.72. The van der Waals surface area contributed by atoms with E-state index in [-0.39, 0.29) is 43.5 Å². The van der Waals surface area contributed by atoms with Crippen LogP contribution in [0.4, 0.5) is 22.4 Å². The maximum Gasteiger partial charge on any atom is 0.416 e. The van der Waals surface area contributed by atoms with Gasteiger partial charge in [0.1, 0.15) is 10.7 Å². The molecule has 4 fully saturated rings. The van der Waals surface area contributed by atoms with Gasteiger partial charge in [-0.2, -0.15) is 17.5 Å². The summed E-state index contributed by atoms with van der Waals surface area (Å²) in [6.45, 7) is 2.17. The van der Waals surface area contributed by atoms with E-state index in [0.717, 1.165) is 10.7 Å². The highest BCUT2D eigenvalue weighted by Gasteiger charge is 2.54. The van der Waals surface area contributed by atoms with Gasteiger partial charge in [0.05, 0.1) is 11.1 Å². The van der Waals surface area contributed by atoms with Gasteiger partial charge in [-0.05, 0) is 37.5 Å². The molecule has 0 bridgehead atoms. The van der Waals surface area contributed by atoms with E-state index in [9.17, 15) is 35.6 Å². The number of nitrogens with zero attached hydrogens (tertiary/aromatic N) is 3. The summed E-state index contributed by atoms with van der Waals surface area (Å²) in [5, 5.41) is 2.93. The number of rotatable bonds is 2. The van der Waals surface area contributed by atoms with Gasteiger partial charge in [0.2, 0.25) is 15.9 Å². The Hall–Kier alpha value is -2.41. The second-order valence-electron chi connectivity index (χ2n) is 9.87. The van der Waals surface area contributed by atoms with E-state index >= 15 is 0 Å². The molecule has 1 aromatic rings. The van der Waals surface area contributed by atoms with Crippen molar-refractivity contribution < 1.29 is 37.0 Å². The fourth-order valence-corrected chi connectivity index (χ4v) is 6.96. The minimum absolute atomic E-state index is 0. The molecule has 0 radical (unpaired) electrons. The van der Waals surface area contributed by atoms with Crippen molar-refractivity contribution in [3.8, 4) is 0 Å². The first-order valence-electron chi connectivity index (χ1n) is 11.0. The normalized spacial score (nSPS) is 24.2. The molecule has 4 saturated heterocycles. The molecule has 4 heterocycles. The molecule has 0 saturated carbocycles. The van der Waals surface area contributed by atoms with Crippen LogP contribution in [0.15, 0.2) is 23.1 Å². The lowest BCUT2D eigenvalue weighted by Crippen LogP contribution is -2.73. The van der Waals surface area contributed by atoms with E-state index in [4.69, 9.17) is 0 Å². The number of alkyl halides is 3. The number of amides is 3. The predicted molar refractivity (Wildman–Crippen MR) is 113 cm³/mol. The average Bonchev–Trinajstić information content (AvgIpc) is 3.11. The lowest BCUT2D eigenvalue weighted by molar-refractivity contribution is -0.137. The minimum Gasteiger partial charge on any atom is -0.347 e. The molecule has 0 unspecified atom stereocenters. The summed E-state index contributed by atoms with van der Waals surface area (Å²) in [4.78, 5) is 26.8. The van der Waals surface area contributed by atoms with Gasteiger partial charge < -0.3 is 15.1 Å². The van der Waals surface area contributed by atoms with Crippen LogP contribution in [0.3, 0.4) is 0 Å². The molecule has 34 heavy (non-hydrogen) atoms. The van der Waals surface area contributed by atoms with Gasteiger partial charge >= 0.3 is 12.2 Å². The number of hydrogen-bond donors (Lipinski definition) is 1. The van der Waals surface area contributed by atoms with Crippen LogP contribution in [-0.4, -0.2) is 79.3 Å². The van der Waals surface area contributed by atoms with Crippen molar-refractivity contribution in [1.82, 2.24) is 19.4 Å². The molecule has 1 N–H and O–H groups in total. The largest absolute Gasteiger partial charge is 0.416 e. The molecule has 5 rings (SSSR count). The van der Waals surface area contributed by atoms with E-state index in [2.05, 4.69) is 5.32 Å². The van der Waals surface area contributed by atoms with Crippen molar-refractivity contribution in [2.75, 3.05) is 39.3 Å². The first-order valence-corrected chi connectivity index (χ1v) is 12.5. The van der Waals surface area contributed by atoms with E-state index in [0.29, 0.717) is 57.6 Å².